The van der Waals surface area contributed by atoms with Crippen LogP contribution < -0.4 is 5.73 Å². The quantitative estimate of drug-likeness (QED) is 0.849. The predicted molar refractivity (Wildman–Crippen MR) is 63.6 cm³/mol. The topological polar surface area (TPSA) is 83.0 Å². The highest BCUT2D eigenvalue weighted by Gasteiger charge is 2.07. The number of carbonyl (C=O) groups excluding carboxylic acids is 1. The molecule has 0 amide bonds. The van der Waals surface area contributed by atoms with Gasteiger partial charge in [-0.3, -0.25) is 4.79 Å². The maximum absolute atomic E-state index is 11.4. The third kappa shape index (κ3) is 3.43. The molecule has 2 N–H and O–H groups in total. The van der Waals surface area contributed by atoms with Crippen molar-refractivity contribution in [3.63, 3.8) is 0 Å². The van der Waals surface area contributed by atoms with Gasteiger partial charge in [0.25, 0.3) is 0 Å². The molecule has 2 aromatic rings. The Morgan fingerprint density at radius 1 is 1.59 bits per heavy atom. The van der Waals surface area contributed by atoms with Gasteiger partial charge in [0.1, 0.15) is 19.5 Å². The molecular formula is C9H9ClN4O2S. The Morgan fingerprint density at radius 3 is 3.00 bits per heavy atom. The zero-order valence-electron chi connectivity index (χ0n) is 8.67. The van der Waals surface area contributed by atoms with Crippen molar-refractivity contribution in [1.82, 2.24) is 14.8 Å². The lowest BCUT2D eigenvalue weighted by atomic mass is 10.5. The molecule has 6 nitrogen and oxygen atoms in total. The van der Waals surface area contributed by atoms with E-state index in [1.165, 1.54) is 22.3 Å². The number of rotatable bonds is 4. The van der Waals surface area contributed by atoms with Gasteiger partial charge in [-0.25, -0.2) is 9.67 Å². The van der Waals surface area contributed by atoms with Gasteiger partial charge in [-0.15, -0.1) is 16.4 Å². The van der Waals surface area contributed by atoms with Crippen LogP contribution in [-0.2, 0) is 22.7 Å². The third-order valence-corrected chi connectivity index (χ3v) is 3.05. The van der Waals surface area contributed by atoms with Gasteiger partial charge in [0.2, 0.25) is 5.95 Å². The van der Waals surface area contributed by atoms with Crippen LogP contribution in [0.4, 0.5) is 5.95 Å². The number of halogens is 1. The van der Waals surface area contributed by atoms with E-state index in [0.29, 0.717) is 4.34 Å². The van der Waals surface area contributed by atoms with E-state index < -0.39 is 5.97 Å². The second-order valence-corrected chi connectivity index (χ2v) is 4.97. The molecule has 0 atom stereocenters. The Kier molecular flexibility index (Phi) is 3.60. The van der Waals surface area contributed by atoms with Gasteiger partial charge in [0, 0.05) is 4.88 Å². The van der Waals surface area contributed by atoms with Crippen LogP contribution in [0.2, 0.25) is 4.34 Å². The fourth-order valence-electron chi connectivity index (χ4n) is 1.14. The standard InChI is InChI=1S/C9H9ClN4O2S/c10-7-2-1-6(17-7)4-16-8(15)3-14-5-12-9(11)13-14/h1-2,5H,3-4H2,(H2,11,13). The van der Waals surface area contributed by atoms with Gasteiger partial charge in [-0.05, 0) is 12.1 Å². The number of esters is 1. The Labute approximate surface area is 106 Å². The van der Waals surface area contributed by atoms with Gasteiger partial charge in [-0.1, -0.05) is 11.6 Å². The summed E-state index contributed by atoms with van der Waals surface area (Å²) < 4.78 is 7.02. The molecule has 90 valence electrons. The van der Waals surface area contributed by atoms with Crippen molar-refractivity contribution in [2.75, 3.05) is 5.73 Å². The van der Waals surface area contributed by atoms with Crippen LogP contribution in [0.5, 0.6) is 0 Å². The highest BCUT2D eigenvalue weighted by molar-refractivity contribution is 7.16. The molecule has 0 aliphatic carbocycles. The predicted octanol–water partition coefficient (Wildman–Crippen LogP) is 1.32. The maximum atomic E-state index is 11.4. The van der Waals surface area contributed by atoms with Crippen molar-refractivity contribution in [3.8, 4) is 0 Å². The Hall–Kier alpha value is -1.60. The van der Waals surface area contributed by atoms with Gasteiger partial charge in [-0.2, -0.15) is 0 Å². The van der Waals surface area contributed by atoms with E-state index in [1.807, 2.05) is 6.07 Å². The summed E-state index contributed by atoms with van der Waals surface area (Å²) in [6, 6.07) is 3.57. The molecule has 8 heteroatoms. The first-order valence-corrected chi connectivity index (χ1v) is 5.87. The normalized spacial score (nSPS) is 10.4. The summed E-state index contributed by atoms with van der Waals surface area (Å²) in [5.74, 6) is -0.276. The molecule has 0 aliphatic rings. The van der Waals surface area contributed by atoms with Crippen molar-refractivity contribution in [1.29, 1.82) is 0 Å². The molecule has 0 radical (unpaired) electrons. The fraction of sp³-hybridized carbons (Fsp3) is 0.222. The average molecular weight is 273 g/mol. The van der Waals surface area contributed by atoms with Crippen LogP contribution in [0.1, 0.15) is 4.88 Å². The number of thiophene rings is 1. The molecule has 2 aromatic heterocycles. The second kappa shape index (κ2) is 5.15. The van der Waals surface area contributed by atoms with E-state index >= 15 is 0 Å². The number of nitrogens with two attached hydrogens (primary N) is 1. The number of hydrogen-bond acceptors (Lipinski definition) is 6. The van der Waals surface area contributed by atoms with Crippen LogP contribution >= 0.6 is 22.9 Å². The molecule has 0 unspecified atom stereocenters. The number of anilines is 1. The summed E-state index contributed by atoms with van der Waals surface area (Å²) >= 11 is 7.12. The summed E-state index contributed by atoms with van der Waals surface area (Å²) in [6.07, 6.45) is 1.37. The summed E-state index contributed by atoms with van der Waals surface area (Å²) in [5.41, 5.74) is 5.31. The number of aromatic nitrogens is 3. The summed E-state index contributed by atoms with van der Waals surface area (Å²) in [5, 5.41) is 3.77. The highest BCUT2D eigenvalue weighted by atomic mass is 35.5. The van der Waals surface area contributed by atoms with E-state index in [2.05, 4.69) is 10.1 Å². The molecule has 0 bridgehead atoms. The minimum absolute atomic E-state index is 0.0106. The van der Waals surface area contributed by atoms with Gasteiger partial charge < -0.3 is 10.5 Å². The largest absolute Gasteiger partial charge is 0.459 e. The number of hydrogen-bond donors (Lipinski definition) is 1. The Morgan fingerprint density at radius 2 is 2.41 bits per heavy atom. The average Bonchev–Trinajstić information content (AvgIpc) is 2.85. The molecule has 0 spiro atoms. The van der Waals surface area contributed by atoms with Gasteiger partial charge in [0.15, 0.2) is 0 Å². The summed E-state index contributed by atoms with van der Waals surface area (Å²) in [4.78, 5) is 16.0. The lowest BCUT2D eigenvalue weighted by molar-refractivity contribution is -0.145. The van der Waals surface area contributed by atoms with Crippen molar-refractivity contribution in [2.45, 2.75) is 13.2 Å². The molecule has 2 rings (SSSR count). The SMILES string of the molecule is Nc1ncn(CC(=O)OCc2ccc(Cl)s2)n1. The number of carbonyl (C=O) groups is 1. The molecule has 0 saturated heterocycles. The van der Waals surface area contributed by atoms with Crippen molar-refractivity contribution in [2.24, 2.45) is 0 Å². The first-order chi connectivity index (χ1) is 8.13. The lowest BCUT2D eigenvalue weighted by Gasteiger charge is -2.02. The maximum Gasteiger partial charge on any atom is 0.328 e. The first-order valence-electron chi connectivity index (χ1n) is 4.68. The molecule has 0 fully saturated rings. The van der Waals surface area contributed by atoms with E-state index in [1.54, 1.807) is 6.07 Å². The van der Waals surface area contributed by atoms with E-state index in [4.69, 9.17) is 22.1 Å². The number of ether oxygens (including phenoxy) is 1. The minimum Gasteiger partial charge on any atom is -0.459 e. The van der Waals surface area contributed by atoms with Crippen molar-refractivity contribution >= 4 is 34.9 Å². The Bertz CT molecular complexity index is 525. The van der Waals surface area contributed by atoms with Crippen molar-refractivity contribution < 1.29 is 9.53 Å². The van der Waals surface area contributed by atoms with Crippen LogP contribution in [0.3, 0.4) is 0 Å². The van der Waals surface area contributed by atoms with Crippen LogP contribution in [0.15, 0.2) is 18.5 Å². The molecule has 0 aromatic carbocycles. The molecule has 0 saturated carbocycles. The van der Waals surface area contributed by atoms with Crippen LogP contribution in [0, 0.1) is 0 Å². The summed E-state index contributed by atoms with van der Waals surface area (Å²) in [7, 11) is 0. The number of nitrogen functional groups attached to an aromatic ring is 1. The van der Waals surface area contributed by atoms with E-state index in [9.17, 15) is 4.79 Å². The van der Waals surface area contributed by atoms with Crippen molar-refractivity contribution in [3.05, 3.63) is 27.7 Å². The van der Waals surface area contributed by atoms with E-state index in [-0.39, 0.29) is 19.1 Å². The molecular weight excluding hydrogens is 264 g/mol. The minimum atomic E-state index is -0.403. The monoisotopic (exact) mass is 272 g/mol. The zero-order chi connectivity index (χ0) is 12.3. The molecule has 17 heavy (non-hydrogen) atoms. The molecule has 2 heterocycles. The van der Waals surface area contributed by atoms with Crippen LogP contribution in [0.25, 0.3) is 0 Å². The second-order valence-electron chi connectivity index (χ2n) is 3.17. The zero-order valence-corrected chi connectivity index (χ0v) is 10.2. The lowest BCUT2D eigenvalue weighted by Crippen LogP contribution is -2.13. The number of nitrogens with zero attached hydrogens (tertiary/aromatic N) is 3. The smallest absolute Gasteiger partial charge is 0.328 e. The van der Waals surface area contributed by atoms with Crippen LogP contribution in [-0.4, -0.2) is 20.7 Å². The van der Waals surface area contributed by atoms with Gasteiger partial charge >= 0.3 is 5.97 Å². The fourth-order valence-corrected chi connectivity index (χ4v) is 2.14. The van der Waals surface area contributed by atoms with Gasteiger partial charge in [0.05, 0.1) is 4.34 Å². The van der Waals surface area contributed by atoms with E-state index in [0.717, 1.165) is 4.88 Å². The Balaban J connectivity index is 1.82. The summed E-state index contributed by atoms with van der Waals surface area (Å²) in [6.45, 7) is 0.198. The third-order valence-electron chi connectivity index (χ3n) is 1.85. The first kappa shape index (κ1) is 11.9. The molecule has 0 aliphatic heterocycles. The highest BCUT2D eigenvalue weighted by Crippen LogP contribution is 2.21.